The highest BCUT2D eigenvalue weighted by molar-refractivity contribution is 5.76. The highest BCUT2D eigenvalue weighted by Crippen LogP contribution is 2.12. The number of carbonyl (C=O) groups excluding carboxylic acids is 1. The zero-order valence-electron chi connectivity index (χ0n) is 8.18. The van der Waals surface area contributed by atoms with E-state index in [2.05, 4.69) is 13.8 Å². The van der Waals surface area contributed by atoms with Gasteiger partial charge in [0, 0.05) is 19.5 Å². The van der Waals surface area contributed by atoms with E-state index in [0.717, 1.165) is 19.5 Å². The van der Waals surface area contributed by atoms with Crippen LogP contribution in [0.25, 0.3) is 0 Å². The van der Waals surface area contributed by atoms with E-state index >= 15 is 0 Å². The molecule has 0 aromatic heterocycles. The summed E-state index contributed by atoms with van der Waals surface area (Å²) in [5, 5.41) is 0. The fourth-order valence-electron chi connectivity index (χ4n) is 1.62. The lowest BCUT2D eigenvalue weighted by Gasteiger charge is -2.27. The zero-order valence-corrected chi connectivity index (χ0v) is 8.18. The highest BCUT2D eigenvalue weighted by Gasteiger charge is 2.16. The average Bonchev–Trinajstić information content (AvgIpc) is 2.05. The maximum atomic E-state index is 11.5. The summed E-state index contributed by atoms with van der Waals surface area (Å²) in [6.07, 6.45) is 4.42. The first-order valence-electron chi connectivity index (χ1n) is 4.98. The SMILES string of the molecule is CC(C)CC(=O)N1CCCCC1. The first kappa shape index (κ1) is 9.56. The molecule has 0 unspecified atom stereocenters. The second-order valence-corrected chi connectivity index (χ2v) is 4.04. The Morgan fingerprint density at radius 3 is 2.33 bits per heavy atom. The van der Waals surface area contributed by atoms with Crippen LogP contribution in [0.2, 0.25) is 0 Å². The predicted molar refractivity (Wildman–Crippen MR) is 49.9 cm³/mol. The molecular weight excluding hydrogens is 150 g/mol. The van der Waals surface area contributed by atoms with Crippen molar-refractivity contribution in [3.8, 4) is 0 Å². The van der Waals surface area contributed by atoms with Crippen LogP contribution in [0.15, 0.2) is 0 Å². The molecule has 0 spiro atoms. The van der Waals surface area contributed by atoms with Gasteiger partial charge in [0.05, 0.1) is 0 Å². The molecule has 0 saturated carbocycles. The van der Waals surface area contributed by atoms with Gasteiger partial charge in [-0.1, -0.05) is 13.8 Å². The number of likely N-dealkylation sites (tertiary alicyclic amines) is 1. The van der Waals surface area contributed by atoms with Crippen molar-refractivity contribution in [1.82, 2.24) is 4.90 Å². The Balaban J connectivity index is 2.30. The third-order valence-corrected chi connectivity index (χ3v) is 2.29. The van der Waals surface area contributed by atoms with Crippen LogP contribution >= 0.6 is 0 Å². The highest BCUT2D eigenvalue weighted by atomic mass is 16.2. The van der Waals surface area contributed by atoms with Crippen molar-refractivity contribution in [3.63, 3.8) is 0 Å². The van der Waals surface area contributed by atoms with Crippen molar-refractivity contribution >= 4 is 5.91 Å². The Morgan fingerprint density at radius 1 is 1.25 bits per heavy atom. The molecule has 0 radical (unpaired) electrons. The Morgan fingerprint density at radius 2 is 1.83 bits per heavy atom. The molecule has 0 atom stereocenters. The number of carbonyl (C=O) groups is 1. The second-order valence-electron chi connectivity index (χ2n) is 4.04. The summed E-state index contributed by atoms with van der Waals surface area (Å²) < 4.78 is 0. The Hall–Kier alpha value is -0.530. The molecule has 1 saturated heterocycles. The Labute approximate surface area is 74.9 Å². The minimum absolute atomic E-state index is 0.352. The van der Waals surface area contributed by atoms with Gasteiger partial charge in [0.15, 0.2) is 0 Å². The minimum Gasteiger partial charge on any atom is -0.343 e. The van der Waals surface area contributed by atoms with Crippen molar-refractivity contribution in [2.75, 3.05) is 13.1 Å². The first-order valence-corrected chi connectivity index (χ1v) is 4.98. The molecule has 0 aromatic rings. The third-order valence-electron chi connectivity index (χ3n) is 2.29. The van der Waals surface area contributed by atoms with Crippen molar-refractivity contribution < 1.29 is 4.79 Å². The van der Waals surface area contributed by atoms with E-state index in [1.807, 2.05) is 4.90 Å². The van der Waals surface area contributed by atoms with Gasteiger partial charge in [0.1, 0.15) is 0 Å². The van der Waals surface area contributed by atoms with Gasteiger partial charge in [0.2, 0.25) is 5.91 Å². The maximum absolute atomic E-state index is 11.5. The summed E-state index contributed by atoms with van der Waals surface area (Å²) in [5.74, 6) is 0.851. The molecule has 2 nitrogen and oxygen atoms in total. The van der Waals surface area contributed by atoms with Crippen LogP contribution in [0.4, 0.5) is 0 Å². The molecule has 0 bridgehead atoms. The molecule has 70 valence electrons. The van der Waals surface area contributed by atoms with Crippen LogP contribution in [0, 0.1) is 5.92 Å². The lowest BCUT2D eigenvalue weighted by molar-refractivity contribution is -0.132. The van der Waals surface area contributed by atoms with Crippen LogP contribution in [0.1, 0.15) is 39.5 Å². The molecule has 12 heavy (non-hydrogen) atoms. The monoisotopic (exact) mass is 169 g/mol. The minimum atomic E-state index is 0.352. The molecule has 0 aliphatic carbocycles. The second kappa shape index (κ2) is 4.48. The summed E-state index contributed by atoms with van der Waals surface area (Å²) in [4.78, 5) is 13.6. The standard InChI is InChI=1S/C10H19NO/c1-9(2)8-10(12)11-6-4-3-5-7-11/h9H,3-8H2,1-2H3. The summed E-state index contributed by atoms with van der Waals surface area (Å²) >= 11 is 0. The van der Waals surface area contributed by atoms with Crippen LogP contribution in [-0.2, 0) is 4.79 Å². The van der Waals surface area contributed by atoms with E-state index in [0.29, 0.717) is 11.8 Å². The van der Waals surface area contributed by atoms with E-state index in [1.54, 1.807) is 0 Å². The smallest absolute Gasteiger partial charge is 0.222 e. The van der Waals surface area contributed by atoms with Crippen molar-refractivity contribution in [3.05, 3.63) is 0 Å². The average molecular weight is 169 g/mol. The lowest BCUT2D eigenvalue weighted by Crippen LogP contribution is -2.36. The van der Waals surface area contributed by atoms with Crippen LogP contribution in [0.3, 0.4) is 0 Å². The fourth-order valence-corrected chi connectivity index (χ4v) is 1.62. The number of piperidine rings is 1. The van der Waals surface area contributed by atoms with Crippen molar-refractivity contribution in [2.24, 2.45) is 5.92 Å². The molecule has 1 amide bonds. The van der Waals surface area contributed by atoms with Gasteiger partial charge in [-0.05, 0) is 25.2 Å². The van der Waals surface area contributed by atoms with E-state index < -0.39 is 0 Å². The van der Waals surface area contributed by atoms with Crippen LogP contribution in [-0.4, -0.2) is 23.9 Å². The summed E-state index contributed by atoms with van der Waals surface area (Å²) in [6, 6.07) is 0. The number of hydrogen-bond acceptors (Lipinski definition) is 1. The third kappa shape index (κ3) is 2.84. The summed E-state index contributed by atoms with van der Waals surface area (Å²) in [5.41, 5.74) is 0. The number of hydrogen-bond donors (Lipinski definition) is 0. The van der Waals surface area contributed by atoms with Crippen LogP contribution in [0.5, 0.6) is 0 Å². The van der Waals surface area contributed by atoms with Gasteiger partial charge in [-0.15, -0.1) is 0 Å². The Kier molecular flexibility index (Phi) is 3.57. The fraction of sp³-hybridized carbons (Fsp3) is 0.900. The molecule has 1 aliphatic rings. The predicted octanol–water partition coefficient (Wildman–Crippen LogP) is 2.04. The molecule has 2 heteroatoms. The van der Waals surface area contributed by atoms with Crippen molar-refractivity contribution in [1.29, 1.82) is 0 Å². The number of rotatable bonds is 2. The molecule has 0 aromatic carbocycles. The van der Waals surface area contributed by atoms with Crippen molar-refractivity contribution in [2.45, 2.75) is 39.5 Å². The van der Waals surface area contributed by atoms with Gasteiger partial charge < -0.3 is 4.90 Å². The number of nitrogens with zero attached hydrogens (tertiary/aromatic N) is 1. The molecule has 1 rings (SSSR count). The molecular formula is C10H19NO. The first-order chi connectivity index (χ1) is 5.70. The zero-order chi connectivity index (χ0) is 8.97. The van der Waals surface area contributed by atoms with Gasteiger partial charge in [-0.3, -0.25) is 4.79 Å². The largest absolute Gasteiger partial charge is 0.343 e. The summed E-state index contributed by atoms with van der Waals surface area (Å²) in [6.45, 7) is 6.18. The van der Waals surface area contributed by atoms with Gasteiger partial charge in [-0.2, -0.15) is 0 Å². The van der Waals surface area contributed by atoms with Gasteiger partial charge >= 0.3 is 0 Å². The van der Waals surface area contributed by atoms with E-state index in [-0.39, 0.29) is 0 Å². The van der Waals surface area contributed by atoms with E-state index in [4.69, 9.17) is 0 Å². The molecule has 0 N–H and O–H groups in total. The molecule has 1 aliphatic heterocycles. The Bertz CT molecular complexity index is 148. The molecule has 1 fully saturated rings. The van der Waals surface area contributed by atoms with Crippen LogP contribution < -0.4 is 0 Å². The number of amides is 1. The topological polar surface area (TPSA) is 20.3 Å². The quantitative estimate of drug-likeness (QED) is 0.619. The summed E-state index contributed by atoms with van der Waals surface area (Å²) in [7, 11) is 0. The van der Waals surface area contributed by atoms with Gasteiger partial charge in [0.25, 0.3) is 0 Å². The van der Waals surface area contributed by atoms with E-state index in [1.165, 1.54) is 19.3 Å². The molecule has 1 heterocycles. The normalized spacial score (nSPS) is 18.4. The lowest BCUT2D eigenvalue weighted by atomic mass is 10.1. The maximum Gasteiger partial charge on any atom is 0.222 e. The van der Waals surface area contributed by atoms with Gasteiger partial charge in [-0.25, -0.2) is 0 Å². The van der Waals surface area contributed by atoms with E-state index in [9.17, 15) is 4.79 Å².